The van der Waals surface area contributed by atoms with Gasteiger partial charge in [0.05, 0.1) is 22.5 Å². The Balaban J connectivity index is 1.86. The van der Waals surface area contributed by atoms with Gasteiger partial charge in [0.15, 0.2) is 0 Å². The van der Waals surface area contributed by atoms with Crippen LogP contribution >= 0.6 is 11.6 Å². The molecule has 0 radical (unpaired) electrons. The van der Waals surface area contributed by atoms with Gasteiger partial charge in [0.2, 0.25) is 0 Å². The van der Waals surface area contributed by atoms with Crippen LogP contribution in [0.1, 0.15) is 15.9 Å². The Labute approximate surface area is 120 Å². The van der Waals surface area contributed by atoms with E-state index in [1.807, 2.05) is 13.2 Å². The lowest BCUT2D eigenvalue weighted by Crippen LogP contribution is -2.31. The summed E-state index contributed by atoms with van der Waals surface area (Å²) >= 11 is 6.00. The van der Waals surface area contributed by atoms with Crippen molar-refractivity contribution in [3.8, 4) is 0 Å². The molecule has 0 N–H and O–H groups in total. The molecule has 3 rings (SSSR count). The molecule has 20 heavy (non-hydrogen) atoms. The Kier molecular flexibility index (Phi) is 3.06. The predicted octanol–water partition coefficient (Wildman–Crippen LogP) is 1.85. The molecule has 6 heteroatoms. The number of hydrogen-bond acceptors (Lipinski definition) is 3. The number of carbonyl (C=O) groups is 2. The topological polar surface area (TPSA) is 55.2 Å². The number of rotatable bonds is 3. The number of aromatic nitrogens is 2. The second kappa shape index (κ2) is 4.76. The van der Waals surface area contributed by atoms with E-state index in [1.54, 1.807) is 29.1 Å². The molecule has 0 fully saturated rings. The summed E-state index contributed by atoms with van der Waals surface area (Å²) in [7, 11) is 1.84. The zero-order valence-electron chi connectivity index (χ0n) is 10.8. The highest BCUT2D eigenvalue weighted by atomic mass is 35.5. The van der Waals surface area contributed by atoms with Gasteiger partial charge in [0.25, 0.3) is 11.7 Å². The molecule has 0 saturated carbocycles. The van der Waals surface area contributed by atoms with E-state index >= 15 is 0 Å². The summed E-state index contributed by atoms with van der Waals surface area (Å²) in [5, 5.41) is 4.40. The van der Waals surface area contributed by atoms with E-state index < -0.39 is 11.7 Å². The molecule has 1 aromatic carbocycles. The average Bonchev–Trinajstić information content (AvgIpc) is 2.93. The number of amides is 1. The smallest absolute Gasteiger partial charge is 0.299 e. The van der Waals surface area contributed by atoms with Gasteiger partial charge in [-0.2, -0.15) is 5.10 Å². The van der Waals surface area contributed by atoms with Crippen molar-refractivity contribution in [2.75, 3.05) is 11.4 Å². The number of benzene rings is 1. The van der Waals surface area contributed by atoms with Crippen molar-refractivity contribution in [2.45, 2.75) is 6.42 Å². The fraction of sp³-hybridized carbons (Fsp3) is 0.214. The number of nitrogens with zero attached hydrogens (tertiary/aromatic N) is 3. The van der Waals surface area contributed by atoms with Crippen LogP contribution in [0.3, 0.4) is 0 Å². The molecule has 1 amide bonds. The van der Waals surface area contributed by atoms with Crippen molar-refractivity contribution < 1.29 is 9.59 Å². The predicted molar refractivity (Wildman–Crippen MR) is 75.0 cm³/mol. The summed E-state index contributed by atoms with van der Waals surface area (Å²) in [6, 6.07) is 5.10. The fourth-order valence-electron chi connectivity index (χ4n) is 2.37. The van der Waals surface area contributed by atoms with Gasteiger partial charge in [0, 0.05) is 19.8 Å². The number of halogens is 1. The molecule has 1 aromatic heterocycles. The molecule has 0 bridgehead atoms. The molecule has 1 aliphatic heterocycles. The number of fused-ring (bicyclic) bond motifs is 1. The summed E-state index contributed by atoms with van der Waals surface area (Å²) in [4.78, 5) is 25.5. The number of Topliss-reactive ketones (excluding diaryl/α,β-unsaturated/α-hetero) is 1. The molecule has 5 nitrogen and oxygen atoms in total. The summed E-state index contributed by atoms with van der Waals surface area (Å²) in [6.45, 7) is 0.434. The monoisotopic (exact) mass is 289 g/mol. The first kappa shape index (κ1) is 12.9. The maximum atomic E-state index is 12.0. The zero-order valence-corrected chi connectivity index (χ0v) is 11.6. The van der Waals surface area contributed by atoms with Crippen molar-refractivity contribution >= 4 is 29.0 Å². The lowest BCUT2D eigenvalue weighted by Gasteiger charge is -2.15. The van der Waals surface area contributed by atoms with Gasteiger partial charge < -0.3 is 4.90 Å². The van der Waals surface area contributed by atoms with Crippen LogP contribution in [0, 0.1) is 0 Å². The van der Waals surface area contributed by atoms with Crippen LogP contribution in [-0.4, -0.2) is 28.0 Å². The molecular weight excluding hydrogens is 278 g/mol. The molecular formula is C14H12ClN3O2. The molecule has 1 aliphatic rings. The van der Waals surface area contributed by atoms with Crippen LogP contribution in [0.4, 0.5) is 5.69 Å². The van der Waals surface area contributed by atoms with E-state index in [9.17, 15) is 9.59 Å². The third-order valence-corrected chi connectivity index (χ3v) is 3.65. The summed E-state index contributed by atoms with van der Waals surface area (Å²) in [5.41, 5.74) is 1.92. The first-order valence-corrected chi connectivity index (χ1v) is 6.58. The fourth-order valence-corrected chi connectivity index (χ4v) is 2.62. The largest absolute Gasteiger partial charge is 0.304 e. The third-order valence-electron chi connectivity index (χ3n) is 3.33. The van der Waals surface area contributed by atoms with Gasteiger partial charge in [0.1, 0.15) is 0 Å². The van der Waals surface area contributed by atoms with Crippen molar-refractivity contribution in [1.29, 1.82) is 0 Å². The van der Waals surface area contributed by atoms with E-state index in [4.69, 9.17) is 11.6 Å². The van der Waals surface area contributed by atoms with Crippen LogP contribution in [0.25, 0.3) is 0 Å². The van der Waals surface area contributed by atoms with Crippen LogP contribution in [0.15, 0.2) is 30.6 Å². The Hall–Kier alpha value is -2.14. The minimum absolute atomic E-state index is 0.311. The zero-order chi connectivity index (χ0) is 14.3. The van der Waals surface area contributed by atoms with E-state index in [1.165, 1.54) is 4.90 Å². The maximum Gasteiger partial charge on any atom is 0.299 e. The van der Waals surface area contributed by atoms with E-state index in [-0.39, 0.29) is 0 Å². The Morgan fingerprint density at radius 1 is 1.30 bits per heavy atom. The Bertz CT molecular complexity index is 708. The second-order valence-corrected chi connectivity index (χ2v) is 5.10. The SMILES string of the molecule is Cn1cc(CCN2C(=O)C(=O)c3c(Cl)cccc32)cn1. The van der Waals surface area contributed by atoms with Crippen LogP contribution in [0.2, 0.25) is 5.02 Å². The highest BCUT2D eigenvalue weighted by Gasteiger charge is 2.37. The van der Waals surface area contributed by atoms with Gasteiger partial charge in [-0.3, -0.25) is 14.3 Å². The molecule has 2 heterocycles. The average molecular weight is 290 g/mol. The minimum atomic E-state index is -0.531. The standard InChI is InChI=1S/C14H12ClN3O2/c1-17-8-9(7-16-17)5-6-18-11-4-2-3-10(15)12(11)13(19)14(18)20/h2-4,7-8H,5-6H2,1H3. The molecule has 0 aliphatic carbocycles. The lowest BCUT2D eigenvalue weighted by atomic mass is 10.1. The van der Waals surface area contributed by atoms with Crippen LogP contribution < -0.4 is 4.90 Å². The van der Waals surface area contributed by atoms with Crippen molar-refractivity contribution in [2.24, 2.45) is 7.05 Å². The number of anilines is 1. The normalized spacial score (nSPS) is 14.0. The maximum absolute atomic E-state index is 12.0. The highest BCUT2D eigenvalue weighted by Crippen LogP contribution is 2.33. The molecule has 102 valence electrons. The van der Waals surface area contributed by atoms with Gasteiger partial charge in [-0.05, 0) is 24.1 Å². The van der Waals surface area contributed by atoms with Gasteiger partial charge in [-0.25, -0.2) is 0 Å². The number of ketones is 1. The third kappa shape index (κ3) is 2.00. The molecule has 2 aromatic rings. The van der Waals surface area contributed by atoms with Crippen molar-refractivity contribution in [1.82, 2.24) is 9.78 Å². The quantitative estimate of drug-likeness (QED) is 0.810. The number of aryl methyl sites for hydroxylation is 1. The van der Waals surface area contributed by atoms with Gasteiger partial charge in [-0.15, -0.1) is 0 Å². The minimum Gasteiger partial charge on any atom is -0.304 e. The number of carbonyl (C=O) groups excluding carboxylic acids is 2. The van der Waals surface area contributed by atoms with Gasteiger partial charge in [-0.1, -0.05) is 17.7 Å². The van der Waals surface area contributed by atoms with Gasteiger partial charge >= 0.3 is 0 Å². The number of hydrogen-bond donors (Lipinski definition) is 0. The highest BCUT2D eigenvalue weighted by molar-refractivity contribution is 6.55. The molecule has 0 spiro atoms. The molecule has 0 atom stereocenters. The molecule has 0 unspecified atom stereocenters. The Morgan fingerprint density at radius 2 is 2.10 bits per heavy atom. The summed E-state index contributed by atoms with van der Waals surface area (Å²) < 4.78 is 1.71. The van der Waals surface area contributed by atoms with Crippen LogP contribution in [-0.2, 0) is 18.3 Å². The van der Waals surface area contributed by atoms with E-state index in [0.29, 0.717) is 29.2 Å². The summed E-state index contributed by atoms with van der Waals surface area (Å²) in [5.74, 6) is -1.05. The van der Waals surface area contributed by atoms with Crippen LogP contribution in [0.5, 0.6) is 0 Å². The lowest BCUT2D eigenvalue weighted by molar-refractivity contribution is -0.114. The first-order valence-electron chi connectivity index (χ1n) is 6.20. The Morgan fingerprint density at radius 3 is 2.80 bits per heavy atom. The van der Waals surface area contributed by atoms with E-state index in [0.717, 1.165) is 5.56 Å². The van der Waals surface area contributed by atoms with E-state index in [2.05, 4.69) is 5.10 Å². The summed E-state index contributed by atoms with van der Waals surface area (Å²) in [6.07, 6.45) is 4.28. The first-order chi connectivity index (χ1) is 9.58. The van der Waals surface area contributed by atoms with Crippen molar-refractivity contribution in [3.05, 3.63) is 46.7 Å². The second-order valence-electron chi connectivity index (χ2n) is 4.69. The van der Waals surface area contributed by atoms with Crippen molar-refractivity contribution in [3.63, 3.8) is 0 Å². The molecule has 0 saturated heterocycles.